The summed E-state index contributed by atoms with van der Waals surface area (Å²) in [6.45, 7) is 4.71. The number of fused-ring (bicyclic) bond motifs is 2. The quantitative estimate of drug-likeness (QED) is 0.771. The summed E-state index contributed by atoms with van der Waals surface area (Å²) in [6.07, 6.45) is 5.06. The highest BCUT2D eigenvalue weighted by Crippen LogP contribution is 2.33. The standard InChI is InChI=1S/C19H20N2O4/c1-11-5-14-7-13(8-15(14)6-12(11)2)9-16-10-21-19(20-16)24-17(22)3-4-18(23)25-21/h3-6,13,16H,7-10H2,1-2H3/b4-3+. The first-order chi connectivity index (χ1) is 12.0. The summed E-state index contributed by atoms with van der Waals surface area (Å²) in [5, 5.41) is 1.28. The number of hydroxylamine groups is 2. The van der Waals surface area contributed by atoms with Gasteiger partial charge >= 0.3 is 18.0 Å². The molecule has 6 nitrogen and oxygen atoms in total. The van der Waals surface area contributed by atoms with E-state index in [9.17, 15) is 9.59 Å². The summed E-state index contributed by atoms with van der Waals surface area (Å²) in [5.74, 6) is -0.703. The fourth-order valence-corrected chi connectivity index (χ4v) is 3.77. The molecule has 4 rings (SSSR count). The molecule has 0 aromatic heterocycles. The molecule has 130 valence electrons. The fraction of sp³-hybridized carbons (Fsp3) is 0.421. The van der Waals surface area contributed by atoms with E-state index in [0.717, 1.165) is 31.4 Å². The number of nitrogens with zero attached hydrogens (tertiary/aromatic N) is 2. The molecule has 0 N–H and O–H groups in total. The maximum Gasteiger partial charge on any atom is 0.356 e. The van der Waals surface area contributed by atoms with E-state index in [1.54, 1.807) is 0 Å². The van der Waals surface area contributed by atoms with Crippen molar-refractivity contribution >= 4 is 18.0 Å². The monoisotopic (exact) mass is 340 g/mol. The van der Waals surface area contributed by atoms with E-state index in [1.165, 1.54) is 27.3 Å². The average Bonchev–Trinajstić information content (AvgIpc) is 3.08. The van der Waals surface area contributed by atoms with Gasteiger partial charge in [0, 0.05) is 12.2 Å². The molecule has 0 spiro atoms. The summed E-state index contributed by atoms with van der Waals surface area (Å²) >= 11 is 0. The molecule has 2 heterocycles. The third kappa shape index (κ3) is 3.16. The number of hydrogen-bond donors (Lipinski definition) is 0. The Morgan fingerprint density at radius 3 is 2.40 bits per heavy atom. The van der Waals surface area contributed by atoms with Crippen molar-refractivity contribution in [2.45, 2.75) is 39.2 Å². The van der Waals surface area contributed by atoms with Gasteiger partial charge in [-0.1, -0.05) is 12.1 Å². The van der Waals surface area contributed by atoms with Crippen molar-refractivity contribution < 1.29 is 19.2 Å². The van der Waals surface area contributed by atoms with Crippen molar-refractivity contribution in [1.82, 2.24) is 5.06 Å². The zero-order chi connectivity index (χ0) is 17.6. The smallest absolute Gasteiger partial charge is 0.356 e. The van der Waals surface area contributed by atoms with Crippen molar-refractivity contribution in [3.05, 3.63) is 46.5 Å². The van der Waals surface area contributed by atoms with Gasteiger partial charge in [-0.05, 0) is 61.3 Å². The summed E-state index contributed by atoms with van der Waals surface area (Å²) < 4.78 is 5.12. The number of esters is 1. The van der Waals surface area contributed by atoms with Crippen molar-refractivity contribution in [3.63, 3.8) is 0 Å². The number of hydrogen-bond acceptors (Lipinski definition) is 6. The molecule has 0 saturated heterocycles. The summed E-state index contributed by atoms with van der Waals surface area (Å²) in [5.41, 5.74) is 5.51. The number of benzene rings is 1. The molecule has 3 aliphatic rings. The average molecular weight is 340 g/mol. The first kappa shape index (κ1) is 15.9. The first-order valence-electron chi connectivity index (χ1n) is 8.54. The third-order valence-electron chi connectivity index (χ3n) is 5.07. The van der Waals surface area contributed by atoms with Crippen LogP contribution in [0.2, 0.25) is 0 Å². The van der Waals surface area contributed by atoms with E-state index in [-0.39, 0.29) is 12.1 Å². The summed E-state index contributed by atoms with van der Waals surface area (Å²) in [4.78, 5) is 32.7. The lowest BCUT2D eigenvalue weighted by atomic mass is 9.97. The maximum absolute atomic E-state index is 11.6. The topological polar surface area (TPSA) is 68.2 Å². The molecule has 2 aliphatic heterocycles. The zero-order valence-electron chi connectivity index (χ0n) is 14.3. The number of aryl methyl sites for hydroxylation is 2. The summed E-state index contributed by atoms with van der Waals surface area (Å²) in [7, 11) is 0. The molecule has 0 radical (unpaired) electrons. The van der Waals surface area contributed by atoms with Crippen LogP contribution in [-0.4, -0.2) is 35.6 Å². The van der Waals surface area contributed by atoms with Gasteiger partial charge in [0.25, 0.3) is 0 Å². The van der Waals surface area contributed by atoms with Gasteiger partial charge in [0.15, 0.2) is 0 Å². The van der Waals surface area contributed by atoms with Gasteiger partial charge in [0.2, 0.25) is 0 Å². The molecule has 25 heavy (non-hydrogen) atoms. The van der Waals surface area contributed by atoms with Crippen LogP contribution < -0.4 is 0 Å². The third-order valence-corrected chi connectivity index (χ3v) is 5.07. The van der Waals surface area contributed by atoms with Gasteiger partial charge in [0.1, 0.15) is 0 Å². The Balaban J connectivity index is 1.44. The lowest BCUT2D eigenvalue weighted by Gasteiger charge is -2.19. The molecule has 0 fully saturated rings. The normalized spacial score (nSPS) is 24.0. The minimum Gasteiger partial charge on any atom is -0.387 e. The second-order valence-corrected chi connectivity index (χ2v) is 7.01. The highest BCUT2D eigenvalue weighted by Gasteiger charge is 2.34. The van der Waals surface area contributed by atoms with E-state index in [4.69, 9.17) is 9.57 Å². The predicted molar refractivity (Wildman–Crippen MR) is 90.7 cm³/mol. The molecule has 0 amide bonds. The van der Waals surface area contributed by atoms with Gasteiger partial charge in [0.05, 0.1) is 12.6 Å². The number of carbonyl (C=O) groups excluding carboxylic acids is 2. The lowest BCUT2D eigenvalue weighted by molar-refractivity contribution is -0.171. The van der Waals surface area contributed by atoms with E-state index < -0.39 is 11.9 Å². The minimum absolute atomic E-state index is 0.0461. The Kier molecular flexibility index (Phi) is 3.82. The number of carbonyl (C=O) groups is 2. The van der Waals surface area contributed by atoms with Gasteiger partial charge in [-0.3, -0.25) is 0 Å². The number of aliphatic imine (C=N–C) groups is 1. The second-order valence-electron chi connectivity index (χ2n) is 7.01. The van der Waals surface area contributed by atoms with Crippen molar-refractivity contribution in [1.29, 1.82) is 0 Å². The van der Waals surface area contributed by atoms with Gasteiger partial charge in [-0.25, -0.2) is 14.6 Å². The van der Waals surface area contributed by atoms with Gasteiger partial charge in [-0.15, -0.1) is 0 Å². The first-order valence-corrected chi connectivity index (χ1v) is 8.54. The number of rotatable bonds is 2. The SMILES string of the molecule is Cc1cc2c(cc1C)CC(CC1CN3OC(=O)/C=C/C(=O)OC3=N1)C2. The molecule has 1 atom stereocenters. The summed E-state index contributed by atoms with van der Waals surface area (Å²) in [6, 6.07) is 4.61. The molecule has 1 aromatic rings. The lowest BCUT2D eigenvalue weighted by Crippen LogP contribution is -2.35. The Bertz CT molecular complexity index is 781. The van der Waals surface area contributed by atoms with Gasteiger partial charge < -0.3 is 9.57 Å². The van der Waals surface area contributed by atoms with Crippen LogP contribution in [0.5, 0.6) is 0 Å². The Morgan fingerprint density at radius 1 is 1.08 bits per heavy atom. The minimum atomic E-state index is -0.611. The zero-order valence-corrected chi connectivity index (χ0v) is 14.3. The van der Waals surface area contributed by atoms with Crippen molar-refractivity contribution in [2.24, 2.45) is 10.9 Å². The van der Waals surface area contributed by atoms with Crippen LogP contribution in [0.4, 0.5) is 0 Å². The van der Waals surface area contributed by atoms with Crippen LogP contribution in [0, 0.1) is 19.8 Å². The fourth-order valence-electron chi connectivity index (χ4n) is 3.77. The van der Waals surface area contributed by atoms with Crippen molar-refractivity contribution in [2.75, 3.05) is 6.54 Å². The van der Waals surface area contributed by atoms with Crippen molar-refractivity contribution in [3.8, 4) is 0 Å². The number of amidine groups is 1. The molecular formula is C19H20N2O4. The highest BCUT2D eigenvalue weighted by atomic mass is 16.7. The molecular weight excluding hydrogens is 320 g/mol. The predicted octanol–water partition coefficient (Wildman–Crippen LogP) is 2.02. The number of ether oxygens (including phenoxy) is 1. The Morgan fingerprint density at radius 2 is 1.72 bits per heavy atom. The molecule has 0 saturated carbocycles. The van der Waals surface area contributed by atoms with Crippen LogP contribution in [-0.2, 0) is 32.0 Å². The molecule has 1 aliphatic carbocycles. The largest absolute Gasteiger partial charge is 0.387 e. The highest BCUT2D eigenvalue weighted by molar-refractivity contribution is 5.99. The van der Waals surface area contributed by atoms with Crippen LogP contribution in [0.15, 0.2) is 29.3 Å². The van der Waals surface area contributed by atoms with Gasteiger partial charge in [-0.2, -0.15) is 5.06 Å². The van der Waals surface area contributed by atoms with E-state index in [2.05, 4.69) is 31.0 Å². The van der Waals surface area contributed by atoms with Crippen LogP contribution >= 0.6 is 0 Å². The van der Waals surface area contributed by atoms with Crippen LogP contribution in [0.1, 0.15) is 28.7 Å². The molecule has 0 bridgehead atoms. The molecule has 1 unspecified atom stereocenters. The van der Waals surface area contributed by atoms with E-state index >= 15 is 0 Å². The molecule has 6 heteroatoms. The second kappa shape index (κ2) is 6.02. The Labute approximate surface area is 146 Å². The Hall–Kier alpha value is -2.63. The van der Waals surface area contributed by atoms with Crippen LogP contribution in [0.25, 0.3) is 0 Å². The van der Waals surface area contributed by atoms with E-state index in [1.807, 2.05) is 0 Å². The maximum atomic E-state index is 11.6. The van der Waals surface area contributed by atoms with Crippen LogP contribution in [0.3, 0.4) is 0 Å². The van der Waals surface area contributed by atoms with E-state index in [0.29, 0.717) is 12.5 Å². The molecule has 1 aromatic carbocycles.